The van der Waals surface area contributed by atoms with Crippen LogP contribution >= 0.6 is 11.3 Å². The number of hydrogen-bond acceptors (Lipinski definition) is 5. The summed E-state index contributed by atoms with van der Waals surface area (Å²) < 4.78 is 6.15. The molecule has 0 atom stereocenters. The number of ether oxygens (including phenoxy) is 1. The van der Waals surface area contributed by atoms with Gasteiger partial charge in [0, 0.05) is 24.4 Å². The predicted octanol–water partition coefficient (Wildman–Crippen LogP) is 4.22. The molecule has 0 radical (unpaired) electrons. The molecule has 8 heteroatoms. The predicted molar refractivity (Wildman–Crippen MR) is 104 cm³/mol. The highest BCUT2D eigenvalue weighted by Crippen LogP contribution is 2.35. The molecule has 3 rings (SSSR count). The molecule has 0 fully saturated rings. The number of carbonyl (C=O) groups excluding carboxylic acids is 2. The van der Waals surface area contributed by atoms with Gasteiger partial charge in [0.05, 0.1) is 11.8 Å². The third kappa shape index (κ3) is 4.09. The molecule has 0 aliphatic carbocycles. The number of amides is 3. The van der Waals surface area contributed by atoms with E-state index in [9.17, 15) is 9.59 Å². The molecule has 0 aliphatic rings. The Morgan fingerprint density at radius 1 is 1.08 bits per heavy atom. The lowest BCUT2D eigenvalue weighted by atomic mass is 10.2. The molecule has 3 N–H and O–H groups in total. The van der Waals surface area contributed by atoms with Crippen molar-refractivity contribution in [3.05, 3.63) is 42.0 Å². The first-order valence-corrected chi connectivity index (χ1v) is 8.67. The second kappa shape index (κ2) is 7.40. The zero-order valence-electron chi connectivity index (χ0n) is 14.5. The van der Waals surface area contributed by atoms with Gasteiger partial charge in [0.15, 0.2) is 5.13 Å². The summed E-state index contributed by atoms with van der Waals surface area (Å²) >= 11 is 1.31. The number of anilines is 3. The van der Waals surface area contributed by atoms with Crippen molar-refractivity contribution < 1.29 is 14.3 Å². The van der Waals surface area contributed by atoms with E-state index in [2.05, 4.69) is 20.9 Å². The van der Waals surface area contributed by atoms with Crippen molar-refractivity contribution in [3.8, 4) is 5.75 Å². The molecule has 3 amide bonds. The molecule has 1 aromatic heterocycles. The standard InChI is InChI=1S/C18H18N4O3S/c1-10-5-4-6-12(7-10)20-17(24)21-13-8-14(25-3)16-15(9-13)26-18(22-16)19-11(2)23/h4-9H,1-3H3,(H,19,22,23)(H2,20,21,24). The number of nitrogens with one attached hydrogen (secondary N) is 3. The summed E-state index contributed by atoms with van der Waals surface area (Å²) in [6, 6.07) is 10.7. The lowest BCUT2D eigenvalue weighted by molar-refractivity contribution is -0.114. The van der Waals surface area contributed by atoms with Gasteiger partial charge in [-0.3, -0.25) is 4.79 Å². The molecule has 26 heavy (non-hydrogen) atoms. The van der Waals surface area contributed by atoms with Crippen LogP contribution in [0.5, 0.6) is 5.75 Å². The van der Waals surface area contributed by atoms with Crippen LogP contribution in [0.3, 0.4) is 0 Å². The molecule has 7 nitrogen and oxygen atoms in total. The average molecular weight is 370 g/mol. The third-order valence-corrected chi connectivity index (χ3v) is 4.41. The van der Waals surface area contributed by atoms with Crippen LogP contribution in [-0.4, -0.2) is 24.0 Å². The van der Waals surface area contributed by atoms with Crippen LogP contribution in [0.1, 0.15) is 12.5 Å². The Morgan fingerprint density at radius 2 is 1.85 bits per heavy atom. The first kappa shape index (κ1) is 17.7. The van der Waals surface area contributed by atoms with Crippen LogP contribution in [0.4, 0.5) is 21.3 Å². The first-order chi connectivity index (χ1) is 12.4. The molecule has 1 heterocycles. The van der Waals surface area contributed by atoms with Crippen molar-refractivity contribution in [1.82, 2.24) is 4.98 Å². The maximum atomic E-state index is 12.2. The smallest absolute Gasteiger partial charge is 0.323 e. The van der Waals surface area contributed by atoms with Gasteiger partial charge in [0.2, 0.25) is 5.91 Å². The number of urea groups is 1. The summed E-state index contributed by atoms with van der Waals surface area (Å²) in [6.45, 7) is 3.38. The van der Waals surface area contributed by atoms with Crippen LogP contribution in [0.15, 0.2) is 36.4 Å². The lowest BCUT2D eigenvalue weighted by Gasteiger charge is -2.09. The van der Waals surface area contributed by atoms with Crippen molar-refractivity contribution in [2.24, 2.45) is 0 Å². The van der Waals surface area contributed by atoms with Gasteiger partial charge < -0.3 is 20.7 Å². The summed E-state index contributed by atoms with van der Waals surface area (Å²) in [5.74, 6) is 0.320. The number of fused-ring (bicyclic) bond motifs is 1. The van der Waals surface area contributed by atoms with Gasteiger partial charge in [-0.15, -0.1) is 0 Å². The fourth-order valence-electron chi connectivity index (χ4n) is 2.45. The van der Waals surface area contributed by atoms with E-state index in [1.54, 1.807) is 12.1 Å². The van der Waals surface area contributed by atoms with Crippen LogP contribution in [0.25, 0.3) is 10.2 Å². The van der Waals surface area contributed by atoms with Crippen LogP contribution in [-0.2, 0) is 4.79 Å². The molecular weight excluding hydrogens is 352 g/mol. The largest absolute Gasteiger partial charge is 0.494 e. The molecule has 3 aromatic rings. The summed E-state index contributed by atoms with van der Waals surface area (Å²) in [7, 11) is 1.53. The van der Waals surface area contributed by atoms with Gasteiger partial charge in [-0.2, -0.15) is 0 Å². The number of carbonyl (C=O) groups is 2. The van der Waals surface area contributed by atoms with Gasteiger partial charge in [-0.05, 0) is 30.7 Å². The fourth-order valence-corrected chi connectivity index (χ4v) is 3.42. The fraction of sp³-hybridized carbons (Fsp3) is 0.167. The number of nitrogens with zero attached hydrogens (tertiary/aromatic N) is 1. The van der Waals surface area contributed by atoms with Crippen molar-refractivity contribution in [3.63, 3.8) is 0 Å². The maximum absolute atomic E-state index is 12.2. The van der Waals surface area contributed by atoms with E-state index >= 15 is 0 Å². The number of hydrogen-bond donors (Lipinski definition) is 3. The van der Waals surface area contributed by atoms with E-state index < -0.39 is 0 Å². The second-order valence-corrected chi connectivity index (χ2v) is 6.70. The van der Waals surface area contributed by atoms with Gasteiger partial charge in [-0.25, -0.2) is 9.78 Å². The van der Waals surface area contributed by atoms with Crippen LogP contribution < -0.4 is 20.7 Å². The number of aryl methyl sites for hydroxylation is 1. The summed E-state index contributed by atoms with van der Waals surface area (Å²) in [5, 5.41) is 8.71. The molecule has 2 aromatic carbocycles. The van der Waals surface area contributed by atoms with E-state index in [4.69, 9.17) is 4.74 Å². The van der Waals surface area contributed by atoms with Crippen molar-refractivity contribution in [1.29, 1.82) is 0 Å². The average Bonchev–Trinajstić information content (AvgIpc) is 2.95. The number of methoxy groups -OCH3 is 1. The van der Waals surface area contributed by atoms with Crippen molar-refractivity contribution in [2.75, 3.05) is 23.1 Å². The number of rotatable bonds is 4. The van der Waals surface area contributed by atoms with Gasteiger partial charge >= 0.3 is 6.03 Å². The highest BCUT2D eigenvalue weighted by atomic mass is 32.1. The Balaban J connectivity index is 1.82. The zero-order chi connectivity index (χ0) is 18.7. The Kier molecular flexibility index (Phi) is 5.04. The summed E-state index contributed by atoms with van der Waals surface area (Å²) in [4.78, 5) is 27.8. The molecule has 134 valence electrons. The van der Waals surface area contributed by atoms with Gasteiger partial charge in [-0.1, -0.05) is 23.5 Å². The molecule has 0 spiro atoms. The zero-order valence-corrected chi connectivity index (χ0v) is 15.4. The SMILES string of the molecule is COc1cc(NC(=O)Nc2cccc(C)c2)cc2sc(NC(C)=O)nc12. The Hall–Kier alpha value is -3.13. The summed E-state index contributed by atoms with van der Waals surface area (Å²) in [6.07, 6.45) is 0. The first-order valence-electron chi connectivity index (χ1n) is 7.85. The lowest BCUT2D eigenvalue weighted by Crippen LogP contribution is -2.19. The Labute approximate surface area is 154 Å². The number of benzene rings is 2. The molecule has 0 bridgehead atoms. The van der Waals surface area contributed by atoms with Crippen molar-refractivity contribution >= 4 is 50.0 Å². The van der Waals surface area contributed by atoms with Crippen molar-refractivity contribution in [2.45, 2.75) is 13.8 Å². The number of aromatic nitrogens is 1. The van der Waals surface area contributed by atoms with E-state index in [1.165, 1.54) is 25.4 Å². The van der Waals surface area contributed by atoms with E-state index in [-0.39, 0.29) is 11.9 Å². The molecule has 0 saturated carbocycles. The Morgan fingerprint density at radius 3 is 2.54 bits per heavy atom. The minimum absolute atomic E-state index is 0.195. The summed E-state index contributed by atoms with van der Waals surface area (Å²) in [5.41, 5.74) is 2.96. The van der Waals surface area contributed by atoms with Crippen LogP contribution in [0, 0.1) is 6.92 Å². The minimum atomic E-state index is -0.358. The third-order valence-electron chi connectivity index (χ3n) is 3.50. The van der Waals surface area contributed by atoms with Gasteiger partial charge in [0.25, 0.3) is 0 Å². The quantitative estimate of drug-likeness (QED) is 0.641. The van der Waals surface area contributed by atoms with Gasteiger partial charge in [0.1, 0.15) is 11.3 Å². The highest BCUT2D eigenvalue weighted by molar-refractivity contribution is 7.22. The number of thiazole rings is 1. The van der Waals surface area contributed by atoms with E-state index in [1.807, 2.05) is 31.2 Å². The normalized spacial score (nSPS) is 10.4. The van der Waals surface area contributed by atoms with E-state index in [0.29, 0.717) is 27.8 Å². The maximum Gasteiger partial charge on any atom is 0.323 e. The Bertz CT molecular complexity index is 984. The monoisotopic (exact) mass is 370 g/mol. The molecule has 0 aliphatic heterocycles. The molecular formula is C18H18N4O3S. The van der Waals surface area contributed by atoms with E-state index in [0.717, 1.165) is 10.3 Å². The highest BCUT2D eigenvalue weighted by Gasteiger charge is 2.13. The molecule has 0 saturated heterocycles. The molecule has 0 unspecified atom stereocenters. The minimum Gasteiger partial charge on any atom is -0.494 e. The topological polar surface area (TPSA) is 92.4 Å². The second-order valence-electron chi connectivity index (χ2n) is 5.67. The van der Waals surface area contributed by atoms with Crippen LogP contribution in [0.2, 0.25) is 0 Å².